The molecule has 0 aromatic rings. The van der Waals surface area contributed by atoms with E-state index in [9.17, 15) is 0 Å². The standard InChI is InChI=1S/2C4H10.C4H9.W/c3*1-4(2)3;/h2*4H,1-3H3;4H,1H2,2-3H3;/q;;-1;. The average molecular weight is 357 g/mol. The number of rotatable bonds is 0. The van der Waals surface area contributed by atoms with Crippen LogP contribution in [0.3, 0.4) is 0 Å². The van der Waals surface area contributed by atoms with Gasteiger partial charge in [0, 0.05) is 21.1 Å². The van der Waals surface area contributed by atoms with Crippen LogP contribution in [-0.2, 0) is 21.1 Å². The van der Waals surface area contributed by atoms with E-state index in [1.807, 2.05) is 0 Å². The van der Waals surface area contributed by atoms with Gasteiger partial charge in [0.1, 0.15) is 0 Å². The van der Waals surface area contributed by atoms with E-state index in [1.54, 1.807) is 0 Å². The fraction of sp³-hybridized carbons (Fsp3) is 0.917. The normalized spacial score (nSPS) is 8.31. The molecular weight excluding hydrogens is 328 g/mol. The summed E-state index contributed by atoms with van der Waals surface area (Å²) in [5, 5.41) is 0. The van der Waals surface area contributed by atoms with E-state index in [0.717, 1.165) is 11.8 Å². The minimum absolute atomic E-state index is 0. The SMILES string of the molecule is CC(C)C.CC(C)C.[CH2-]C(C)C.[W]. The molecule has 0 saturated heterocycles. The van der Waals surface area contributed by atoms with Gasteiger partial charge in [0.25, 0.3) is 0 Å². The van der Waals surface area contributed by atoms with E-state index in [0.29, 0.717) is 5.92 Å². The average Bonchev–Trinajstić information content (AvgIpc) is 1.54. The first-order valence-electron chi connectivity index (χ1n) is 5.03. The Morgan fingerprint density at radius 2 is 0.615 bits per heavy atom. The van der Waals surface area contributed by atoms with Crippen LogP contribution < -0.4 is 0 Å². The molecule has 84 valence electrons. The monoisotopic (exact) mass is 357 g/mol. The molecule has 0 amide bonds. The molecule has 0 unspecified atom stereocenters. The van der Waals surface area contributed by atoms with Crippen LogP contribution >= 0.6 is 0 Å². The topological polar surface area (TPSA) is 0 Å². The van der Waals surface area contributed by atoms with E-state index in [4.69, 9.17) is 0 Å². The van der Waals surface area contributed by atoms with Gasteiger partial charge in [-0.15, -0.1) is 0 Å². The Morgan fingerprint density at radius 3 is 0.615 bits per heavy atom. The molecule has 0 N–H and O–H groups in total. The zero-order valence-corrected chi connectivity index (χ0v) is 13.8. The van der Waals surface area contributed by atoms with Crippen LogP contribution in [0.4, 0.5) is 0 Å². The summed E-state index contributed by atoms with van der Waals surface area (Å²) in [6.45, 7) is 20.8. The fourth-order valence-electron chi connectivity index (χ4n) is 0. The molecule has 1 heteroatoms. The van der Waals surface area contributed by atoms with Crippen molar-refractivity contribution in [2.24, 2.45) is 17.8 Å². The predicted octanol–water partition coefficient (Wildman–Crippen LogP) is 4.80. The van der Waals surface area contributed by atoms with E-state index in [2.05, 4.69) is 62.3 Å². The maximum Gasteiger partial charge on any atom is 0 e. The van der Waals surface area contributed by atoms with Gasteiger partial charge in [0.15, 0.2) is 0 Å². The second-order valence-corrected chi connectivity index (χ2v) is 4.86. The molecule has 0 radical (unpaired) electrons. The van der Waals surface area contributed by atoms with Crippen LogP contribution in [0.25, 0.3) is 0 Å². The second kappa shape index (κ2) is 18.5. The number of hydrogen-bond acceptors (Lipinski definition) is 0. The number of hydrogen-bond donors (Lipinski definition) is 0. The molecule has 0 aromatic carbocycles. The van der Waals surface area contributed by atoms with Crippen LogP contribution in [-0.4, -0.2) is 0 Å². The predicted molar refractivity (Wildman–Crippen MR) is 61.2 cm³/mol. The molecule has 0 aliphatic carbocycles. The summed E-state index contributed by atoms with van der Waals surface area (Å²) in [4.78, 5) is 0. The first-order chi connectivity index (χ1) is 5.20. The molecule has 0 aliphatic heterocycles. The van der Waals surface area contributed by atoms with Gasteiger partial charge < -0.3 is 6.92 Å². The molecule has 0 bridgehead atoms. The second-order valence-electron chi connectivity index (χ2n) is 4.86. The largest absolute Gasteiger partial charge is 0.341 e. The van der Waals surface area contributed by atoms with Gasteiger partial charge in [-0.3, -0.25) is 0 Å². The van der Waals surface area contributed by atoms with Gasteiger partial charge in [-0.2, -0.15) is 5.92 Å². The van der Waals surface area contributed by atoms with Gasteiger partial charge in [-0.05, 0) is 11.8 Å². The molecule has 0 saturated carbocycles. The minimum atomic E-state index is 0. The molecule has 0 nitrogen and oxygen atoms in total. The Labute approximate surface area is 101 Å². The summed E-state index contributed by atoms with van der Waals surface area (Å²) < 4.78 is 0. The molecule has 0 atom stereocenters. The molecule has 0 aromatic heterocycles. The van der Waals surface area contributed by atoms with Crippen molar-refractivity contribution in [3.05, 3.63) is 6.92 Å². The van der Waals surface area contributed by atoms with E-state index < -0.39 is 0 Å². The Bertz CT molecular complexity index is 33.6. The van der Waals surface area contributed by atoms with Gasteiger partial charge in [0.2, 0.25) is 0 Å². The van der Waals surface area contributed by atoms with E-state index in [-0.39, 0.29) is 21.1 Å². The van der Waals surface area contributed by atoms with Crippen molar-refractivity contribution in [1.82, 2.24) is 0 Å². The summed E-state index contributed by atoms with van der Waals surface area (Å²) in [6, 6.07) is 0. The summed E-state index contributed by atoms with van der Waals surface area (Å²) in [6.07, 6.45) is 0. The Balaban J connectivity index is -0.0000000450. The summed E-state index contributed by atoms with van der Waals surface area (Å²) in [7, 11) is 0. The fourth-order valence-corrected chi connectivity index (χ4v) is 0. The van der Waals surface area contributed by atoms with Crippen molar-refractivity contribution >= 4 is 0 Å². The summed E-state index contributed by atoms with van der Waals surface area (Å²) in [5.41, 5.74) is 0. The summed E-state index contributed by atoms with van der Waals surface area (Å²) >= 11 is 0. The molecule has 0 aliphatic rings. The maximum absolute atomic E-state index is 3.64. The van der Waals surface area contributed by atoms with Crippen LogP contribution in [0.2, 0.25) is 0 Å². The molecule has 0 heterocycles. The van der Waals surface area contributed by atoms with Gasteiger partial charge in [-0.1, -0.05) is 55.4 Å². The maximum atomic E-state index is 3.64. The van der Waals surface area contributed by atoms with Crippen molar-refractivity contribution in [1.29, 1.82) is 0 Å². The van der Waals surface area contributed by atoms with Crippen molar-refractivity contribution in [3.63, 3.8) is 0 Å². The Hall–Kier alpha value is 0.688. The first kappa shape index (κ1) is 23.5. The van der Waals surface area contributed by atoms with Gasteiger partial charge >= 0.3 is 0 Å². The minimum Gasteiger partial charge on any atom is -0.341 e. The first-order valence-corrected chi connectivity index (χ1v) is 5.03. The third-order valence-electron chi connectivity index (χ3n) is 0. The van der Waals surface area contributed by atoms with Crippen LogP contribution in [0.15, 0.2) is 0 Å². The Kier molecular flexibility index (Phi) is 33.4. The van der Waals surface area contributed by atoms with Crippen LogP contribution in [0.5, 0.6) is 0 Å². The van der Waals surface area contributed by atoms with Crippen molar-refractivity contribution in [2.75, 3.05) is 0 Å². The molecule has 13 heavy (non-hydrogen) atoms. The van der Waals surface area contributed by atoms with Gasteiger partial charge in [0.05, 0.1) is 0 Å². The molecule has 0 rings (SSSR count). The Morgan fingerprint density at radius 1 is 0.615 bits per heavy atom. The third kappa shape index (κ3) is 3060. The van der Waals surface area contributed by atoms with Gasteiger partial charge in [-0.25, -0.2) is 0 Å². The van der Waals surface area contributed by atoms with Crippen molar-refractivity contribution < 1.29 is 21.1 Å². The quantitative estimate of drug-likeness (QED) is 0.547. The van der Waals surface area contributed by atoms with E-state index in [1.165, 1.54) is 0 Å². The molecule has 0 fully saturated rings. The van der Waals surface area contributed by atoms with Crippen LogP contribution in [0, 0.1) is 24.7 Å². The van der Waals surface area contributed by atoms with Crippen molar-refractivity contribution in [3.8, 4) is 0 Å². The smallest absolute Gasteiger partial charge is 0 e. The van der Waals surface area contributed by atoms with Crippen LogP contribution in [0.1, 0.15) is 55.4 Å². The van der Waals surface area contributed by atoms with E-state index >= 15 is 0 Å². The third-order valence-corrected chi connectivity index (χ3v) is 0. The summed E-state index contributed by atoms with van der Waals surface area (Å²) in [5.74, 6) is 2.25. The molecule has 0 spiro atoms. The van der Waals surface area contributed by atoms with Crippen molar-refractivity contribution in [2.45, 2.75) is 55.4 Å². The zero-order valence-electron chi connectivity index (χ0n) is 10.8. The zero-order chi connectivity index (χ0) is 10.7. The molecular formula is C12H29W-.